The first-order valence-electron chi connectivity index (χ1n) is 10.00. The Labute approximate surface area is 194 Å². The van der Waals surface area contributed by atoms with Gasteiger partial charge in [0.2, 0.25) is 10.0 Å². The highest BCUT2D eigenvalue weighted by Gasteiger charge is 2.24. The first-order valence-corrected chi connectivity index (χ1v) is 12.0. The highest BCUT2D eigenvalue weighted by molar-refractivity contribution is 7.92. The number of ketones is 1. The molecule has 33 heavy (non-hydrogen) atoms. The molecule has 2 aromatic carbocycles. The van der Waals surface area contributed by atoms with Crippen molar-refractivity contribution in [1.82, 2.24) is 9.97 Å². The van der Waals surface area contributed by atoms with E-state index in [1.807, 2.05) is 16.9 Å². The van der Waals surface area contributed by atoms with Crippen LogP contribution in [-0.4, -0.2) is 35.0 Å². The number of pyridine rings is 1. The van der Waals surface area contributed by atoms with Crippen molar-refractivity contribution in [3.05, 3.63) is 76.8 Å². The Kier molecular flexibility index (Phi) is 6.09. The lowest BCUT2D eigenvalue weighted by Crippen LogP contribution is -2.18. The molecule has 2 aromatic heterocycles. The number of rotatable bonds is 7. The Bertz CT molecular complexity index is 1470. The summed E-state index contributed by atoms with van der Waals surface area (Å²) in [5.74, 6) is -2.72. The van der Waals surface area contributed by atoms with Gasteiger partial charge in [0.15, 0.2) is 11.6 Å². The van der Waals surface area contributed by atoms with Gasteiger partial charge in [-0.2, -0.15) is 0 Å². The fraction of sp³-hybridized carbons (Fsp3) is 0.130. The lowest BCUT2D eigenvalue weighted by molar-refractivity contribution is 0.103. The molecule has 7 nitrogen and oxygen atoms in total. The van der Waals surface area contributed by atoms with Gasteiger partial charge in [-0.1, -0.05) is 30.7 Å². The molecule has 0 aliphatic carbocycles. The molecule has 4 rings (SSSR count). The Balaban J connectivity index is 1.77. The first kappa shape index (κ1) is 22.8. The quantitative estimate of drug-likeness (QED) is 0.248. The van der Waals surface area contributed by atoms with Gasteiger partial charge in [0.1, 0.15) is 17.1 Å². The molecular weight excluding hydrogens is 469 g/mol. The summed E-state index contributed by atoms with van der Waals surface area (Å²) >= 11 is 5.95. The molecule has 0 saturated carbocycles. The Morgan fingerprint density at radius 2 is 1.88 bits per heavy atom. The number of sulfonamides is 1. The van der Waals surface area contributed by atoms with Gasteiger partial charge in [-0.15, -0.1) is 0 Å². The lowest BCUT2D eigenvalue weighted by Gasteiger charge is -2.12. The Hall–Kier alpha value is -3.43. The number of H-pyrrole nitrogens is 1. The number of anilines is 1. The molecule has 2 heterocycles. The number of halogens is 2. The van der Waals surface area contributed by atoms with Crippen LogP contribution in [0.1, 0.15) is 29.3 Å². The van der Waals surface area contributed by atoms with Gasteiger partial charge in [-0.3, -0.25) is 9.52 Å². The van der Waals surface area contributed by atoms with Crippen LogP contribution >= 0.6 is 11.6 Å². The summed E-state index contributed by atoms with van der Waals surface area (Å²) in [6.45, 7) is 1.65. The van der Waals surface area contributed by atoms with E-state index < -0.39 is 33.1 Å². The molecule has 3 N–H and O–H groups in total. The summed E-state index contributed by atoms with van der Waals surface area (Å²) < 4.78 is 41.4. The molecule has 0 saturated heterocycles. The maximum atomic E-state index is 15.2. The predicted octanol–water partition coefficient (Wildman–Crippen LogP) is 5.11. The van der Waals surface area contributed by atoms with Crippen molar-refractivity contribution in [2.24, 2.45) is 0 Å². The smallest absolute Gasteiger partial charge is 0.232 e. The van der Waals surface area contributed by atoms with Crippen molar-refractivity contribution in [2.75, 3.05) is 10.5 Å². The summed E-state index contributed by atoms with van der Waals surface area (Å²) in [6, 6.07) is 11.0. The third-order valence-corrected chi connectivity index (χ3v) is 6.76. The molecule has 0 bridgehead atoms. The minimum absolute atomic E-state index is 0.153. The van der Waals surface area contributed by atoms with Crippen LogP contribution in [0.4, 0.5) is 10.1 Å². The Morgan fingerprint density at radius 3 is 2.58 bits per heavy atom. The fourth-order valence-electron chi connectivity index (χ4n) is 3.45. The van der Waals surface area contributed by atoms with E-state index in [0.29, 0.717) is 22.5 Å². The maximum Gasteiger partial charge on any atom is 0.232 e. The van der Waals surface area contributed by atoms with Crippen LogP contribution in [0.2, 0.25) is 5.02 Å². The molecular formula is C23H19ClFN3O4S. The SMILES string of the molecule is CCCS(=O)(=O)Nc1c(O)ccc(C(=O)c2c[nH]c3ncc(-c4ccc(Cl)cc4)cc23)c1F. The topological polar surface area (TPSA) is 112 Å². The van der Waals surface area contributed by atoms with E-state index in [0.717, 1.165) is 23.3 Å². The second kappa shape index (κ2) is 8.84. The maximum absolute atomic E-state index is 15.2. The summed E-state index contributed by atoms with van der Waals surface area (Å²) in [5, 5.41) is 11.1. The largest absolute Gasteiger partial charge is 0.506 e. The summed E-state index contributed by atoms with van der Waals surface area (Å²) in [6.07, 6.45) is 3.35. The zero-order chi connectivity index (χ0) is 23.8. The molecule has 170 valence electrons. The average Bonchev–Trinajstić information content (AvgIpc) is 3.20. The predicted molar refractivity (Wildman–Crippen MR) is 126 cm³/mol. The van der Waals surface area contributed by atoms with Gasteiger partial charge in [0.25, 0.3) is 0 Å². The van der Waals surface area contributed by atoms with Crippen molar-refractivity contribution in [2.45, 2.75) is 13.3 Å². The summed E-state index contributed by atoms with van der Waals surface area (Å²) in [4.78, 5) is 20.4. The van der Waals surface area contributed by atoms with Crippen LogP contribution in [0, 0.1) is 5.82 Å². The van der Waals surface area contributed by atoms with Crippen LogP contribution < -0.4 is 4.72 Å². The number of benzene rings is 2. The van der Waals surface area contributed by atoms with E-state index in [-0.39, 0.29) is 16.9 Å². The molecule has 4 aromatic rings. The number of nitrogens with one attached hydrogen (secondary N) is 2. The zero-order valence-electron chi connectivity index (χ0n) is 17.4. The van der Waals surface area contributed by atoms with Gasteiger partial charge >= 0.3 is 0 Å². The highest BCUT2D eigenvalue weighted by Crippen LogP contribution is 2.33. The van der Waals surface area contributed by atoms with Crippen molar-refractivity contribution in [3.8, 4) is 16.9 Å². The number of hydrogen-bond acceptors (Lipinski definition) is 5. The highest BCUT2D eigenvalue weighted by atomic mass is 35.5. The van der Waals surface area contributed by atoms with Crippen molar-refractivity contribution in [1.29, 1.82) is 0 Å². The number of carbonyl (C=O) groups excluding carboxylic acids is 1. The Morgan fingerprint density at radius 1 is 1.15 bits per heavy atom. The van der Waals surface area contributed by atoms with E-state index in [4.69, 9.17) is 11.6 Å². The van der Waals surface area contributed by atoms with Gasteiger partial charge in [0, 0.05) is 33.9 Å². The summed E-state index contributed by atoms with van der Waals surface area (Å²) in [7, 11) is -3.89. The number of aromatic hydroxyl groups is 1. The summed E-state index contributed by atoms with van der Waals surface area (Å²) in [5.41, 5.74) is 1.09. The van der Waals surface area contributed by atoms with E-state index in [1.54, 1.807) is 31.3 Å². The van der Waals surface area contributed by atoms with Crippen LogP contribution in [0.15, 0.2) is 54.9 Å². The minimum Gasteiger partial charge on any atom is -0.506 e. The number of hydrogen-bond donors (Lipinski definition) is 3. The number of aromatic amines is 1. The number of phenolic OH excluding ortho intramolecular Hbond substituents is 1. The molecule has 0 amide bonds. The number of carbonyl (C=O) groups is 1. The van der Waals surface area contributed by atoms with Crippen LogP contribution in [0.5, 0.6) is 5.75 Å². The normalized spacial score (nSPS) is 11.6. The molecule has 0 unspecified atom stereocenters. The molecule has 0 aliphatic rings. The van der Waals surface area contributed by atoms with Gasteiger partial charge < -0.3 is 10.1 Å². The van der Waals surface area contributed by atoms with Crippen molar-refractivity contribution >= 4 is 44.1 Å². The van der Waals surface area contributed by atoms with E-state index in [2.05, 4.69) is 9.97 Å². The van der Waals surface area contributed by atoms with E-state index in [9.17, 15) is 18.3 Å². The third-order valence-electron chi connectivity index (χ3n) is 5.05. The zero-order valence-corrected chi connectivity index (χ0v) is 19.0. The molecule has 0 spiro atoms. The monoisotopic (exact) mass is 487 g/mol. The van der Waals surface area contributed by atoms with Gasteiger partial charge in [-0.05, 0) is 42.3 Å². The van der Waals surface area contributed by atoms with Crippen LogP contribution in [-0.2, 0) is 10.0 Å². The number of fused-ring (bicyclic) bond motifs is 1. The van der Waals surface area contributed by atoms with Gasteiger partial charge in [-0.25, -0.2) is 17.8 Å². The van der Waals surface area contributed by atoms with Crippen LogP contribution in [0.25, 0.3) is 22.2 Å². The van der Waals surface area contributed by atoms with Crippen molar-refractivity contribution in [3.63, 3.8) is 0 Å². The number of phenols is 1. The molecule has 0 radical (unpaired) electrons. The number of nitrogens with zero attached hydrogens (tertiary/aromatic N) is 1. The lowest BCUT2D eigenvalue weighted by atomic mass is 10.00. The molecule has 0 fully saturated rings. The average molecular weight is 488 g/mol. The molecule has 0 aliphatic heterocycles. The van der Waals surface area contributed by atoms with Crippen LogP contribution in [0.3, 0.4) is 0 Å². The van der Waals surface area contributed by atoms with Gasteiger partial charge in [0.05, 0.1) is 11.3 Å². The second-order valence-electron chi connectivity index (χ2n) is 7.40. The minimum atomic E-state index is -3.89. The first-order chi connectivity index (χ1) is 15.7. The third kappa shape index (κ3) is 4.55. The van der Waals surface area contributed by atoms with E-state index >= 15 is 4.39 Å². The van der Waals surface area contributed by atoms with E-state index in [1.165, 1.54) is 6.20 Å². The molecule has 10 heteroatoms. The van der Waals surface area contributed by atoms with Crippen molar-refractivity contribution < 1.29 is 22.7 Å². The molecule has 0 atom stereocenters. The number of aromatic nitrogens is 2. The standard InChI is InChI=1S/C23H19ClFN3O4S/c1-2-9-33(31,32)28-21-19(29)8-7-16(20(21)25)22(30)18-12-27-23-17(18)10-14(11-26-23)13-3-5-15(24)6-4-13/h3-8,10-12,28-29H,2,9H2,1H3,(H,26,27). The fourth-order valence-corrected chi connectivity index (χ4v) is 4.72. The second-order valence-corrected chi connectivity index (χ2v) is 9.68.